The van der Waals surface area contributed by atoms with E-state index in [0.717, 1.165) is 0 Å². The van der Waals surface area contributed by atoms with Gasteiger partial charge in [0.25, 0.3) is 0 Å². The summed E-state index contributed by atoms with van der Waals surface area (Å²) in [6.45, 7) is 8.36. The topological polar surface area (TPSA) is 49.3 Å². The van der Waals surface area contributed by atoms with Crippen molar-refractivity contribution in [2.75, 3.05) is 5.32 Å². The van der Waals surface area contributed by atoms with Crippen LogP contribution in [-0.2, 0) is 0 Å². The van der Waals surface area contributed by atoms with Crippen molar-refractivity contribution in [3.05, 3.63) is 29.6 Å². The summed E-state index contributed by atoms with van der Waals surface area (Å²) in [7, 11) is 0. The minimum Gasteiger partial charge on any atom is -0.478 e. The van der Waals surface area contributed by atoms with Crippen LogP contribution in [0.25, 0.3) is 0 Å². The SMILES string of the molecule is CC1(C)C(Nc2c(F)cccc2C(=O)O)C1(C)C. The Bertz CT molecular complexity index is 495. The first-order valence-corrected chi connectivity index (χ1v) is 5.98. The first kappa shape index (κ1) is 12.9. The summed E-state index contributed by atoms with van der Waals surface area (Å²) < 4.78 is 13.8. The number of halogens is 1. The molecule has 0 bridgehead atoms. The van der Waals surface area contributed by atoms with Crippen molar-refractivity contribution in [1.29, 1.82) is 0 Å². The molecule has 1 aromatic rings. The van der Waals surface area contributed by atoms with Gasteiger partial charge in [0.05, 0.1) is 11.3 Å². The smallest absolute Gasteiger partial charge is 0.337 e. The summed E-state index contributed by atoms with van der Waals surface area (Å²) in [4.78, 5) is 11.1. The van der Waals surface area contributed by atoms with Crippen molar-refractivity contribution in [3.8, 4) is 0 Å². The normalized spacial score (nSPS) is 20.5. The fraction of sp³-hybridized carbons (Fsp3) is 0.500. The molecule has 4 heteroatoms. The molecule has 1 aliphatic carbocycles. The summed E-state index contributed by atoms with van der Waals surface area (Å²) in [5, 5.41) is 12.1. The first-order chi connectivity index (χ1) is 8.19. The van der Waals surface area contributed by atoms with Gasteiger partial charge >= 0.3 is 5.97 Å². The molecule has 0 atom stereocenters. The maximum Gasteiger partial charge on any atom is 0.337 e. The van der Waals surface area contributed by atoms with Crippen LogP contribution in [0.4, 0.5) is 10.1 Å². The molecule has 1 aromatic carbocycles. The van der Waals surface area contributed by atoms with E-state index in [4.69, 9.17) is 5.11 Å². The maximum atomic E-state index is 13.8. The van der Waals surface area contributed by atoms with E-state index in [9.17, 15) is 9.18 Å². The number of anilines is 1. The molecule has 1 fully saturated rings. The molecule has 1 aliphatic rings. The Morgan fingerprint density at radius 1 is 1.28 bits per heavy atom. The van der Waals surface area contributed by atoms with Crippen LogP contribution < -0.4 is 5.32 Å². The number of benzene rings is 1. The Balaban J connectivity index is 2.34. The van der Waals surface area contributed by atoms with E-state index in [1.54, 1.807) is 0 Å². The van der Waals surface area contributed by atoms with Gasteiger partial charge in [-0.05, 0) is 23.0 Å². The van der Waals surface area contributed by atoms with Gasteiger partial charge in [0.15, 0.2) is 0 Å². The largest absolute Gasteiger partial charge is 0.478 e. The van der Waals surface area contributed by atoms with Crippen LogP contribution in [0.5, 0.6) is 0 Å². The van der Waals surface area contributed by atoms with Crippen LogP contribution in [-0.4, -0.2) is 17.1 Å². The van der Waals surface area contributed by atoms with Crippen LogP contribution in [0.2, 0.25) is 0 Å². The Hall–Kier alpha value is -1.58. The predicted molar refractivity (Wildman–Crippen MR) is 68.3 cm³/mol. The Labute approximate surface area is 106 Å². The zero-order valence-corrected chi connectivity index (χ0v) is 11.0. The number of rotatable bonds is 3. The Kier molecular flexibility index (Phi) is 2.65. The van der Waals surface area contributed by atoms with E-state index in [-0.39, 0.29) is 28.1 Å². The highest BCUT2D eigenvalue weighted by molar-refractivity contribution is 5.94. The quantitative estimate of drug-likeness (QED) is 0.866. The van der Waals surface area contributed by atoms with Gasteiger partial charge in [-0.3, -0.25) is 0 Å². The molecule has 0 amide bonds. The third-order valence-corrected chi connectivity index (χ3v) is 4.55. The summed E-state index contributed by atoms with van der Waals surface area (Å²) in [5.74, 6) is -1.64. The molecule has 3 nitrogen and oxygen atoms in total. The molecule has 1 saturated carbocycles. The van der Waals surface area contributed by atoms with E-state index in [1.807, 2.05) is 0 Å². The Morgan fingerprint density at radius 2 is 1.83 bits per heavy atom. The lowest BCUT2D eigenvalue weighted by Gasteiger charge is -2.12. The molecule has 0 radical (unpaired) electrons. The van der Waals surface area contributed by atoms with Crippen molar-refractivity contribution >= 4 is 11.7 Å². The number of para-hydroxylation sites is 1. The van der Waals surface area contributed by atoms with Gasteiger partial charge in [0.2, 0.25) is 0 Å². The lowest BCUT2D eigenvalue weighted by Crippen LogP contribution is -2.15. The zero-order chi connectivity index (χ0) is 13.7. The molecule has 0 aromatic heterocycles. The van der Waals surface area contributed by atoms with Gasteiger partial charge < -0.3 is 10.4 Å². The summed E-state index contributed by atoms with van der Waals surface area (Å²) in [6, 6.07) is 4.17. The molecule has 2 N–H and O–H groups in total. The average Bonchev–Trinajstić information content (AvgIpc) is 2.62. The first-order valence-electron chi connectivity index (χ1n) is 5.98. The summed E-state index contributed by atoms with van der Waals surface area (Å²) in [5.41, 5.74) is 0.109. The van der Waals surface area contributed by atoms with Crippen LogP contribution >= 0.6 is 0 Å². The molecular formula is C14H18FNO2. The molecule has 0 saturated heterocycles. The minimum absolute atomic E-state index is 0.0189. The highest BCUT2D eigenvalue weighted by Gasteiger charge is 2.65. The van der Waals surface area contributed by atoms with E-state index in [2.05, 4.69) is 33.0 Å². The molecule has 0 unspecified atom stereocenters. The third-order valence-electron chi connectivity index (χ3n) is 4.55. The van der Waals surface area contributed by atoms with E-state index in [1.165, 1.54) is 18.2 Å². The number of carboxylic acid groups (broad SMARTS) is 1. The highest BCUT2D eigenvalue weighted by atomic mass is 19.1. The Morgan fingerprint density at radius 3 is 2.28 bits per heavy atom. The predicted octanol–water partition coefficient (Wildman–Crippen LogP) is 3.37. The van der Waals surface area contributed by atoms with Crippen molar-refractivity contribution < 1.29 is 14.3 Å². The van der Waals surface area contributed by atoms with Gasteiger partial charge in [0, 0.05) is 6.04 Å². The third kappa shape index (κ3) is 1.67. The van der Waals surface area contributed by atoms with E-state index in [0.29, 0.717) is 0 Å². The monoisotopic (exact) mass is 251 g/mol. The lowest BCUT2D eigenvalue weighted by atomic mass is 10.0. The van der Waals surface area contributed by atoms with E-state index >= 15 is 0 Å². The fourth-order valence-electron chi connectivity index (χ4n) is 2.55. The zero-order valence-electron chi connectivity index (χ0n) is 11.0. The maximum absolute atomic E-state index is 13.8. The molecule has 18 heavy (non-hydrogen) atoms. The number of aromatic carboxylic acids is 1. The van der Waals surface area contributed by atoms with Gasteiger partial charge in [-0.2, -0.15) is 0 Å². The summed E-state index contributed by atoms with van der Waals surface area (Å²) in [6.07, 6.45) is 0. The van der Waals surface area contributed by atoms with Crippen LogP contribution in [0.15, 0.2) is 18.2 Å². The lowest BCUT2D eigenvalue weighted by molar-refractivity contribution is 0.0697. The van der Waals surface area contributed by atoms with Gasteiger partial charge in [-0.15, -0.1) is 0 Å². The second-order valence-corrected chi connectivity index (χ2v) is 5.99. The van der Waals surface area contributed by atoms with Crippen molar-refractivity contribution in [2.45, 2.75) is 33.7 Å². The molecule has 0 spiro atoms. The molecule has 2 rings (SSSR count). The standard InChI is InChI=1S/C14H18FNO2/c1-13(2)12(14(13,3)4)16-10-8(11(17)18)6-5-7-9(10)15/h5-7,12,16H,1-4H3,(H,17,18). The van der Waals surface area contributed by atoms with Crippen LogP contribution in [0.1, 0.15) is 38.1 Å². The number of carbonyl (C=O) groups is 1. The molecule has 0 heterocycles. The average molecular weight is 251 g/mol. The highest BCUT2D eigenvalue weighted by Crippen LogP contribution is 2.63. The second-order valence-electron chi connectivity index (χ2n) is 5.99. The molecule has 0 aliphatic heterocycles. The second kappa shape index (κ2) is 3.70. The fourth-order valence-corrected chi connectivity index (χ4v) is 2.55. The summed E-state index contributed by atoms with van der Waals surface area (Å²) >= 11 is 0. The van der Waals surface area contributed by atoms with Gasteiger partial charge in [-0.1, -0.05) is 33.8 Å². The molecule has 98 valence electrons. The number of carboxylic acids is 1. The van der Waals surface area contributed by atoms with Crippen molar-refractivity contribution in [1.82, 2.24) is 0 Å². The van der Waals surface area contributed by atoms with Gasteiger partial charge in [-0.25, -0.2) is 9.18 Å². The van der Waals surface area contributed by atoms with Crippen LogP contribution in [0, 0.1) is 16.6 Å². The minimum atomic E-state index is -1.12. The van der Waals surface area contributed by atoms with Crippen molar-refractivity contribution in [2.24, 2.45) is 10.8 Å². The molecular weight excluding hydrogens is 233 g/mol. The van der Waals surface area contributed by atoms with Crippen LogP contribution in [0.3, 0.4) is 0 Å². The van der Waals surface area contributed by atoms with E-state index < -0.39 is 11.8 Å². The number of hydrogen-bond acceptors (Lipinski definition) is 2. The van der Waals surface area contributed by atoms with Crippen molar-refractivity contribution in [3.63, 3.8) is 0 Å². The number of hydrogen-bond donors (Lipinski definition) is 2. The van der Waals surface area contributed by atoms with Gasteiger partial charge in [0.1, 0.15) is 5.82 Å². The number of nitrogens with one attached hydrogen (secondary N) is 1.